The van der Waals surface area contributed by atoms with E-state index in [0.29, 0.717) is 19.6 Å². The molecule has 1 aliphatic rings. The second-order valence-electron chi connectivity index (χ2n) is 6.61. The number of carbonyl (C=O) groups is 1. The molecule has 1 unspecified atom stereocenters. The molecule has 0 spiro atoms. The van der Waals surface area contributed by atoms with E-state index in [4.69, 9.17) is 4.74 Å². The highest BCUT2D eigenvalue weighted by molar-refractivity contribution is 7.07. The van der Waals surface area contributed by atoms with Crippen molar-refractivity contribution < 1.29 is 9.53 Å². The lowest BCUT2D eigenvalue weighted by Crippen LogP contribution is -2.49. The minimum absolute atomic E-state index is 0.271. The SMILES string of the molecule is CC(Cc1ccsc1)NC1=NCCN(C(=O)OC(C)(C)C)C1. The zero-order valence-corrected chi connectivity index (χ0v) is 14.6. The number of hydrogen-bond acceptors (Lipinski definition) is 5. The van der Waals surface area contributed by atoms with Crippen molar-refractivity contribution in [3.05, 3.63) is 22.4 Å². The standard InChI is InChI=1S/C16H25N3O2S/c1-12(9-13-5-8-22-11-13)18-14-10-19(7-6-17-14)15(20)21-16(2,3)4/h5,8,11-12H,6-7,9-10H2,1-4H3,(H,17,18). The maximum Gasteiger partial charge on any atom is 0.410 e. The topological polar surface area (TPSA) is 53.9 Å². The molecular formula is C16H25N3O2S. The smallest absolute Gasteiger partial charge is 0.410 e. The summed E-state index contributed by atoms with van der Waals surface area (Å²) in [5.41, 5.74) is 0.858. The summed E-state index contributed by atoms with van der Waals surface area (Å²) in [4.78, 5) is 18.3. The lowest BCUT2D eigenvalue weighted by Gasteiger charge is -2.30. The number of rotatable bonds is 3. The van der Waals surface area contributed by atoms with Gasteiger partial charge in [-0.1, -0.05) is 0 Å². The summed E-state index contributed by atoms with van der Waals surface area (Å²) in [6, 6.07) is 2.42. The van der Waals surface area contributed by atoms with Crippen LogP contribution in [0.5, 0.6) is 0 Å². The van der Waals surface area contributed by atoms with Gasteiger partial charge in [0.15, 0.2) is 0 Å². The number of carbonyl (C=O) groups excluding carboxylic acids is 1. The lowest BCUT2D eigenvalue weighted by molar-refractivity contribution is 0.0276. The van der Waals surface area contributed by atoms with Gasteiger partial charge in [0.05, 0.1) is 13.1 Å². The van der Waals surface area contributed by atoms with Crippen LogP contribution in [-0.2, 0) is 11.2 Å². The summed E-state index contributed by atoms with van der Waals surface area (Å²) in [6.45, 7) is 9.49. The van der Waals surface area contributed by atoms with Crippen LogP contribution in [0.25, 0.3) is 0 Å². The third kappa shape index (κ3) is 5.33. The van der Waals surface area contributed by atoms with Crippen molar-refractivity contribution in [2.45, 2.75) is 45.8 Å². The molecule has 1 amide bonds. The van der Waals surface area contributed by atoms with E-state index in [1.165, 1.54) is 5.56 Å². The van der Waals surface area contributed by atoms with Gasteiger partial charge in [0, 0.05) is 12.6 Å². The van der Waals surface area contributed by atoms with Crippen LogP contribution in [0.2, 0.25) is 0 Å². The largest absolute Gasteiger partial charge is 0.444 e. The molecule has 1 aliphatic heterocycles. The van der Waals surface area contributed by atoms with Gasteiger partial charge in [0.2, 0.25) is 0 Å². The van der Waals surface area contributed by atoms with Gasteiger partial charge in [-0.05, 0) is 56.5 Å². The van der Waals surface area contributed by atoms with E-state index in [1.54, 1.807) is 16.2 Å². The van der Waals surface area contributed by atoms with Crippen LogP contribution in [-0.4, -0.2) is 48.1 Å². The number of hydrogen-bond donors (Lipinski definition) is 1. The Balaban J connectivity index is 1.85. The molecule has 0 fully saturated rings. The average Bonchev–Trinajstić information content (AvgIpc) is 2.89. The molecule has 1 aromatic rings. The molecule has 2 heterocycles. The Bertz CT molecular complexity index is 520. The predicted molar refractivity (Wildman–Crippen MR) is 90.7 cm³/mol. The number of thiophene rings is 1. The molecule has 1 N–H and O–H groups in total. The van der Waals surface area contributed by atoms with E-state index in [-0.39, 0.29) is 12.1 Å². The van der Waals surface area contributed by atoms with Crippen LogP contribution >= 0.6 is 11.3 Å². The summed E-state index contributed by atoms with van der Waals surface area (Å²) < 4.78 is 5.42. The quantitative estimate of drug-likeness (QED) is 0.930. The van der Waals surface area contributed by atoms with E-state index >= 15 is 0 Å². The van der Waals surface area contributed by atoms with Crippen LogP contribution in [0.15, 0.2) is 21.8 Å². The fourth-order valence-corrected chi connectivity index (χ4v) is 2.97. The van der Waals surface area contributed by atoms with E-state index in [1.807, 2.05) is 20.8 Å². The molecule has 1 atom stereocenters. The summed E-state index contributed by atoms with van der Waals surface area (Å²) in [5.74, 6) is 0.861. The van der Waals surface area contributed by atoms with Gasteiger partial charge in [-0.25, -0.2) is 4.79 Å². The van der Waals surface area contributed by atoms with Crippen molar-refractivity contribution in [1.82, 2.24) is 10.2 Å². The Labute approximate surface area is 136 Å². The monoisotopic (exact) mass is 323 g/mol. The maximum absolute atomic E-state index is 12.1. The molecule has 1 aromatic heterocycles. The Morgan fingerprint density at radius 2 is 2.32 bits per heavy atom. The Kier molecular flexibility index (Phi) is 5.45. The molecule has 6 heteroatoms. The highest BCUT2D eigenvalue weighted by Gasteiger charge is 2.25. The number of aliphatic imine (C=N–C) groups is 1. The van der Waals surface area contributed by atoms with Crippen LogP contribution in [0, 0.1) is 0 Å². The van der Waals surface area contributed by atoms with Gasteiger partial charge in [-0.15, -0.1) is 0 Å². The van der Waals surface area contributed by atoms with E-state index in [0.717, 1.165) is 12.3 Å². The zero-order chi connectivity index (χ0) is 16.2. The molecular weight excluding hydrogens is 298 g/mol. The first-order valence-corrected chi connectivity index (χ1v) is 8.56. The van der Waals surface area contributed by atoms with E-state index in [2.05, 4.69) is 34.1 Å². The van der Waals surface area contributed by atoms with Crippen molar-refractivity contribution in [2.24, 2.45) is 4.99 Å². The van der Waals surface area contributed by atoms with Gasteiger partial charge in [0.1, 0.15) is 11.4 Å². The summed E-state index contributed by atoms with van der Waals surface area (Å²) in [6.07, 6.45) is 0.682. The number of nitrogens with zero attached hydrogens (tertiary/aromatic N) is 2. The highest BCUT2D eigenvalue weighted by Crippen LogP contribution is 2.12. The highest BCUT2D eigenvalue weighted by atomic mass is 32.1. The fraction of sp³-hybridized carbons (Fsp3) is 0.625. The van der Waals surface area contributed by atoms with Crippen LogP contribution < -0.4 is 5.32 Å². The van der Waals surface area contributed by atoms with Crippen molar-refractivity contribution in [2.75, 3.05) is 19.6 Å². The second-order valence-corrected chi connectivity index (χ2v) is 7.39. The Morgan fingerprint density at radius 1 is 1.55 bits per heavy atom. The minimum atomic E-state index is -0.467. The van der Waals surface area contributed by atoms with Gasteiger partial charge < -0.3 is 10.1 Å². The minimum Gasteiger partial charge on any atom is -0.444 e. The van der Waals surface area contributed by atoms with Gasteiger partial charge in [0.25, 0.3) is 0 Å². The number of nitrogens with one attached hydrogen (secondary N) is 1. The van der Waals surface area contributed by atoms with Crippen molar-refractivity contribution in [3.8, 4) is 0 Å². The Hall–Kier alpha value is -1.56. The van der Waals surface area contributed by atoms with Crippen molar-refractivity contribution in [3.63, 3.8) is 0 Å². The first-order valence-electron chi connectivity index (χ1n) is 7.62. The van der Waals surface area contributed by atoms with Gasteiger partial charge in [-0.2, -0.15) is 11.3 Å². The normalized spacial score (nSPS) is 16.9. The summed E-state index contributed by atoms with van der Waals surface area (Å²) in [5, 5.41) is 7.66. The van der Waals surface area contributed by atoms with Gasteiger partial charge in [-0.3, -0.25) is 9.89 Å². The molecule has 22 heavy (non-hydrogen) atoms. The van der Waals surface area contributed by atoms with Crippen LogP contribution in [0.1, 0.15) is 33.3 Å². The number of amides is 1. The molecule has 2 rings (SSSR count). The molecule has 122 valence electrons. The van der Waals surface area contributed by atoms with E-state index in [9.17, 15) is 4.79 Å². The maximum atomic E-state index is 12.1. The molecule has 0 saturated carbocycles. The zero-order valence-electron chi connectivity index (χ0n) is 13.8. The molecule has 0 aliphatic carbocycles. The number of amidine groups is 1. The fourth-order valence-electron chi connectivity index (χ4n) is 2.29. The number of ether oxygens (including phenoxy) is 1. The van der Waals surface area contributed by atoms with Crippen LogP contribution in [0.3, 0.4) is 0 Å². The summed E-state index contributed by atoms with van der Waals surface area (Å²) in [7, 11) is 0. The predicted octanol–water partition coefficient (Wildman–Crippen LogP) is 2.92. The first kappa shape index (κ1) is 16.8. The molecule has 5 nitrogen and oxygen atoms in total. The Morgan fingerprint density at radius 3 is 2.95 bits per heavy atom. The average molecular weight is 323 g/mol. The first-order chi connectivity index (χ1) is 10.3. The van der Waals surface area contributed by atoms with Crippen molar-refractivity contribution >= 4 is 23.3 Å². The molecule has 0 saturated heterocycles. The molecule has 0 radical (unpaired) electrons. The van der Waals surface area contributed by atoms with Crippen molar-refractivity contribution in [1.29, 1.82) is 0 Å². The van der Waals surface area contributed by atoms with Gasteiger partial charge >= 0.3 is 6.09 Å². The van der Waals surface area contributed by atoms with E-state index < -0.39 is 5.60 Å². The van der Waals surface area contributed by atoms with Crippen LogP contribution in [0.4, 0.5) is 4.79 Å². The molecule has 0 bridgehead atoms. The lowest BCUT2D eigenvalue weighted by atomic mass is 10.1. The summed E-state index contributed by atoms with van der Waals surface area (Å²) >= 11 is 1.71. The second kappa shape index (κ2) is 7.13. The third-order valence-electron chi connectivity index (χ3n) is 3.20. The third-order valence-corrected chi connectivity index (χ3v) is 3.93. The molecule has 0 aromatic carbocycles.